The summed E-state index contributed by atoms with van der Waals surface area (Å²) in [6.07, 6.45) is 1.99. The maximum absolute atomic E-state index is 5.88. The Labute approximate surface area is 113 Å². The van der Waals surface area contributed by atoms with E-state index >= 15 is 0 Å². The van der Waals surface area contributed by atoms with Gasteiger partial charge in [0.05, 0.1) is 0 Å². The zero-order valence-electron chi connectivity index (χ0n) is 9.54. The third-order valence-corrected chi connectivity index (χ3v) is 3.44. The standard InChI is InChI=1S/C12H9ClN4S/c1-18-11-7-6-10-14-15-12(17(10)16-11)8-2-4-9(13)5-3-8/h2-7H,1H3. The second-order valence-corrected chi connectivity index (χ2v) is 4.94. The number of thioether (sulfide) groups is 1. The van der Waals surface area contributed by atoms with Crippen molar-refractivity contribution >= 4 is 29.0 Å². The van der Waals surface area contributed by atoms with Gasteiger partial charge in [-0.1, -0.05) is 11.6 Å². The van der Waals surface area contributed by atoms with Crippen molar-refractivity contribution in [2.75, 3.05) is 6.26 Å². The molecule has 3 aromatic rings. The van der Waals surface area contributed by atoms with Gasteiger partial charge in [-0.2, -0.15) is 9.61 Å². The van der Waals surface area contributed by atoms with Crippen molar-refractivity contribution in [3.63, 3.8) is 0 Å². The summed E-state index contributed by atoms with van der Waals surface area (Å²) in [4.78, 5) is 0. The second-order valence-electron chi connectivity index (χ2n) is 3.68. The molecule has 0 unspecified atom stereocenters. The van der Waals surface area contributed by atoms with Crippen molar-refractivity contribution in [2.24, 2.45) is 0 Å². The van der Waals surface area contributed by atoms with Crippen LogP contribution in [-0.2, 0) is 0 Å². The van der Waals surface area contributed by atoms with Gasteiger partial charge in [-0.25, -0.2) is 0 Å². The van der Waals surface area contributed by atoms with Gasteiger partial charge in [0, 0.05) is 10.6 Å². The van der Waals surface area contributed by atoms with Gasteiger partial charge < -0.3 is 0 Å². The molecule has 2 aromatic heterocycles. The van der Waals surface area contributed by atoms with Crippen molar-refractivity contribution < 1.29 is 0 Å². The van der Waals surface area contributed by atoms with Gasteiger partial charge in [-0.3, -0.25) is 0 Å². The number of aromatic nitrogens is 4. The molecular formula is C12H9ClN4S. The van der Waals surface area contributed by atoms with Crippen LogP contribution in [0.4, 0.5) is 0 Å². The number of benzene rings is 1. The van der Waals surface area contributed by atoms with Crippen molar-refractivity contribution in [3.05, 3.63) is 41.4 Å². The summed E-state index contributed by atoms with van der Waals surface area (Å²) in [7, 11) is 0. The van der Waals surface area contributed by atoms with E-state index in [2.05, 4.69) is 15.3 Å². The van der Waals surface area contributed by atoms with Crippen LogP contribution in [0.25, 0.3) is 17.0 Å². The summed E-state index contributed by atoms with van der Waals surface area (Å²) in [6.45, 7) is 0. The first-order valence-corrected chi connectivity index (χ1v) is 6.90. The van der Waals surface area contributed by atoms with Crippen molar-refractivity contribution in [1.82, 2.24) is 19.8 Å². The van der Waals surface area contributed by atoms with Gasteiger partial charge >= 0.3 is 0 Å². The summed E-state index contributed by atoms with van der Waals surface area (Å²) in [5.41, 5.74) is 1.68. The fourth-order valence-corrected chi connectivity index (χ4v) is 2.15. The number of hydrogen-bond acceptors (Lipinski definition) is 4. The van der Waals surface area contributed by atoms with Gasteiger partial charge in [0.2, 0.25) is 0 Å². The van der Waals surface area contributed by atoms with Crippen LogP contribution in [-0.4, -0.2) is 26.1 Å². The topological polar surface area (TPSA) is 43.1 Å². The average molecular weight is 277 g/mol. The van der Waals surface area contributed by atoms with Crippen molar-refractivity contribution in [1.29, 1.82) is 0 Å². The highest BCUT2D eigenvalue weighted by Gasteiger charge is 2.09. The molecule has 0 radical (unpaired) electrons. The normalized spacial score (nSPS) is 11.0. The van der Waals surface area contributed by atoms with Crippen LogP contribution >= 0.6 is 23.4 Å². The molecular weight excluding hydrogens is 268 g/mol. The lowest BCUT2D eigenvalue weighted by atomic mass is 10.2. The number of nitrogens with zero attached hydrogens (tertiary/aromatic N) is 4. The maximum atomic E-state index is 5.88. The van der Waals surface area contributed by atoms with Crippen LogP contribution in [0.15, 0.2) is 41.4 Å². The molecule has 0 N–H and O–H groups in total. The summed E-state index contributed by atoms with van der Waals surface area (Å²) in [5.74, 6) is 0.720. The first-order valence-electron chi connectivity index (χ1n) is 5.30. The number of hydrogen-bond donors (Lipinski definition) is 0. The van der Waals surface area contributed by atoms with Crippen LogP contribution in [0.2, 0.25) is 5.02 Å². The molecule has 0 atom stereocenters. The highest BCUT2D eigenvalue weighted by molar-refractivity contribution is 7.98. The summed E-state index contributed by atoms with van der Waals surface area (Å²) >= 11 is 7.46. The Morgan fingerprint density at radius 3 is 2.56 bits per heavy atom. The molecule has 1 aromatic carbocycles. The van der Waals surface area contributed by atoms with Crippen LogP contribution in [0, 0.1) is 0 Å². The lowest BCUT2D eigenvalue weighted by Crippen LogP contribution is -1.95. The summed E-state index contributed by atoms with van der Waals surface area (Å²) in [5, 5.41) is 14.4. The highest BCUT2D eigenvalue weighted by Crippen LogP contribution is 2.21. The minimum Gasteiger partial charge on any atom is -0.192 e. The van der Waals surface area contributed by atoms with Crippen molar-refractivity contribution in [2.45, 2.75) is 5.03 Å². The Hall–Kier alpha value is -1.59. The first-order chi connectivity index (χ1) is 8.78. The SMILES string of the molecule is CSc1ccc2nnc(-c3ccc(Cl)cc3)n2n1. The number of fused-ring (bicyclic) bond motifs is 1. The Balaban J connectivity index is 2.19. The molecule has 6 heteroatoms. The van der Waals surface area contributed by atoms with Crippen LogP contribution in [0.3, 0.4) is 0 Å². The molecule has 0 amide bonds. The van der Waals surface area contributed by atoms with Crippen molar-refractivity contribution in [3.8, 4) is 11.4 Å². The number of rotatable bonds is 2. The quantitative estimate of drug-likeness (QED) is 0.674. The summed E-state index contributed by atoms with van der Waals surface area (Å²) in [6, 6.07) is 11.3. The second kappa shape index (κ2) is 4.59. The largest absolute Gasteiger partial charge is 0.192 e. The van der Waals surface area contributed by atoms with Gasteiger partial charge in [0.1, 0.15) is 5.03 Å². The lowest BCUT2D eigenvalue weighted by molar-refractivity contribution is 0.862. The Kier molecular flexibility index (Phi) is 2.93. The van der Waals surface area contributed by atoms with E-state index in [4.69, 9.17) is 11.6 Å². The first kappa shape index (κ1) is 11.5. The molecule has 18 heavy (non-hydrogen) atoms. The molecule has 0 aliphatic carbocycles. The van der Waals surface area contributed by atoms with Gasteiger partial charge in [-0.15, -0.1) is 22.0 Å². The predicted octanol–water partition coefficient (Wildman–Crippen LogP) is 3.17. The Bertz CT molecular complexity index is 693. The molecule has 4 nitrogen and oxygen atoms in total. The number of halogens is 1. The van der Waals surface area contributed by atoms with Gasteiger partial charge in [0.25, 0.3) is 0 Å². The van der Waals surface area contributed by atoms with E-state index in [1.807, 2.05) is 42.7 Å². The minimum absolute atomic E-state index is 0.699. The third-order valence-electron chi connectivity index (χ3n) is 2.55. The van der Waals surface area contributed by atoms with Gasteiger partial charge in [0.15, 0.2) is 11.5 Å². The lowest BCUT2D eigenvalue weighted by Gasteiger charge is -2.00. The highest BCUT2D eigenvalue weighted by atomic mass is 35.5. The van der Waals surface area contributed by atoms with E-state index in [-0.39, 0.29) is 0 Å². The minimum atomic E-state index is 0.699. The average Bonchev–Trinajstić information content (AvgIpc) is 2.82. The van der Waals surface area contributed by atoms with E-state index in [1.165, 1.54) is 0 Å². The van der Waals surface area contributed by atoms with Crippen LogP contribution < -0.4 is 0 Å². The van der Waals surface area contributed by atoms with Crippen LogP contribution in [0.1, 0.15) is 0 Å². The van der Waals surface area contributed by atoms with Gasteiger partial charge in [-0.05, 0) is 42.7 Å². The molecule has 0 aliphatic heterocycles. The Morgan fingerprint density at radius 2 is 1.83 bits per heavy atom. The fourth-order valence-electron chi connectivity index (χ4n) is 1.66. The molecule has 0 spiro atoms. The monoisotopic (exact) mass is 276 g/mol. The molecule has 3 rings (SSSR count). The van der Waals surface area contributed by atoms with E-state index < -0.39 is 0 Å². The zero-order valence-corrected chi connectivity index (χ0v) is 11.1. The molecule has 2 heterocycles. The Morgan fingerprint density at radius 1 is 1.06 bits per heavy atom. The fraction of sp³-hybridized carbons (Fsp3) is 0.0833. The van der Waals surface area contributed by atoms with E-state index in [0.717, 1.165) is 22.1 Å². The molecule has 90 valence electrons. The molecule has 0 bridgehead atoms. The molecule has 0 aliphatic rings. The summed E-state index contributed by atoms with van der Waals surface area (Å²) < 4.78 is 1.75. The predicted molar refractivity (Wildman–Crippen MR) is 73.0 cm³/mol. The molecule has 0 fully saturated rings. The molecule has 0 saturated heterocycles. The van der Waals surface area contributed by atoms with E-state index in [9.17, 15) is 0 Å². The molecule has 0 saturated carbocycles. The zero-order chi connectivity index (χ0) is 12.5. The van der Waals surface area contributed by atoms with E-state index in [0.29, 0.717) is 5.02 Å². The third kappa shape index (κ3) is 1.95. The van der Waals surface area contributed by atoms with E-state index in [1.54, 1.807) is 16.3 Å². The smallest absolute Gasteiger partial charge is 0.185 e. The maximum Gasteiger partial charge on any atom is 0.185 e. The van der Waals surface area contributed by atoms with Crippen LogP contribution in [0.5, 0.6) is 0 Å².